The third-order valence-electron chi connectivity index (χ3n) is 3.65. The molecule has 0 aliphatic carbocycles. The van der Waals surface area contributed by atoms with Gasteiger partial charge in [0.25, 0.3) is 0 Å². The second-order valence-electron chi connectivity index (χ2n) is 5.98. The van der Waals surface area contributed by atoms with Crippen LogP contribution in [0.5, 0.6) is 5.75 Å². The number of aliphatic hydroxyl groups is 1. The van der Waals surface area contributed by atoms with Gasteiger partial charge in [0.2, 0.25) is 0 Å². The quantitative estimate of drug-likeness (QED) is 0.697. The van der Waals surface area contributed by atoms with Crippen LogP contribution in [0.4, 0.5) is 13.2 Å². The average Bonchev–Trinajstić information content (AvgIpc) is 2.58. The van der Waals surface area contributed by atoms with Crippen molar-refractivity contribution < 1.29 is 27.8 Å². The molecule has 0 spiro atoms. The van der Waals surface area contributed by atoms with Crippen LogP contribution in [0, 0.1) is 5.82 Å². The minimum Gasteiger partial charge on any atom is -0.435 e. The predicted octanol–water partition coefficient (Wildman–Crippen LogP) is 3.44. The van der Waals surface area contributed by atoms with Gasteiger partial charge in [0.05, 0.1) is 19.3 Å². The first-order valence-electron chi connectivity index (χ1n) is 8.15. The molecule has 0 saturated heterocycles. The third-order valence-corrected chi connectivity index (χ3v) is 3.65. The fraction of sp³-hybridized carbons (Fsp3) is 0.368. The molecule has 1 unspecified atom stereocenters. The summed E-state index contributed by atoms with van der Waals surface area (Å²) in [7, 11) is 1.82. The molecule has 0 aliphatic rings. The van der Waals surface area contributed by atoms with Crippen LogP contribution >= 0.6 is 0 Å². The zero-order chi connectivity index (χ0) is 18.9. The van der Waals surface area contributed by atoms with E-state index in [1.165, 1.54) is 18.2 Å². The summed E-state index contributed by atoms with van der Waals surface area (Å²) < 4.78 is 47.4. The van der Waals surface area contributed by atoms with Crippen LogP contribution in [0.25, 0.3) is 0 Å². The largest absolute Gasteiger partial charge is 0.435 e. The molecule has 2 aromatic carbocycles. The minimum absolute atomic E-state index is 0.0832. The molecule has 0 saturated carbocycles. The van der Waals surface area contributed by atoms with E-state index in [1.54, 1.807) is 30.3 Å². The lowest BCUT2D eigenvalue weighted by molar-refractivity contribution is -0.0498. The molecule has 26 heavy (non-hydrogen) atoms. The molecule has 0 aliphatic heterocycles. The van der Waals surface area contributed by atoms with Crippen LogP contribution in [0.15, 0.2) is 48.5 Å². The molecular weight excluding hydrogens is 347 g/mol. The number of likely N-dealkylation sites (N-methyl/N-ethyl adjacent to an activating group) is 1. The maximum absolute atomic E-state index is 13.5. The molecule has 7 heteroatoms. The zero-order valence-electron chi connectivity index (χ0n) is 14.4. The molecule has 1 N–H and O–H groups in total. The van der Waals surface area contributed by atoms with Gasteiger partial charge in [-0.15, -0.1) is 0 Å². The maximum atomic E-state index is 13.5. The van der Waals surface area contributed by atoms with Crippen LogP contribution in [0.3, 0.4) is 0 Å². The summed E-state index contributed by atoms with van der Waals surface area (Å²) in [5.74, 6) is -0.230. The van der Waals surface area contributed by atoms with Crippen LogP contribution in [-0.2, 0) is 17.9 Å². The molecule has 0 amide bonds. The van der Waals surface area contributed by atoms with Gasteiger partial charge in [0.15, 0.2) is 0 Å². The van der Waals surface area contributed by atoms with Crippen LogP contribution < -0.4 is 4.74 Å². The average molecular weight is 369 g/mol. The smallest absolute Gasteiger partial charge is 0.387 e. The molecule has 2 rings (SSSR count). The highest BCUT2D eigenvalue weighted by atomic mass is 19.3. The van der Waals surface area contributed by atoms with Crippen LogP contribution in [0.2, 0.25) is 0 Å². The second kappa shape index (κ2) is 10.2. The number of aliphatic hydroxyl groups excluding tert-OH is 1. The summed E-state index contributed by atoms with van der Waals surface area (Å²) in [6.07, 6.45) is -0.729. The van der Waals surface area contributed by atoms with Gasteiger partial charge in [0, 0.05) is 18.7 Å². The van der Waals surface area contributed by atoms with Crippen LogP contribution in [-0.4, -0.2) is 42.9 Å². The van der Waals surface area contributed by atoms with E-state index < -0.39 is 12.7 Å². The van der Waals surface area contributed by atoms with Gasteiger partial charge < -0.3 is 14.6 Å². The van der Waals surface area contributed by atoms with E-state index in [4.69, 9.17) is 4.74 Å². The number of ether oxygens (including phenoxy) is 2. The van der Waals surface area contributed by atoms with Gasteiger partial charge in [0.1, 0.15) is 11.6 Å². The number of benzene rings is 2. The second-order valence-corrected chi connectivity index (χ2v) is 5.98. The highest BCUT2D eigenvalue weighted by Crippen LogP contribution is 2.16. The van der Waals surface area contributed by atoms with E-state index in [0.29, 0.717) is 18.7 Å². The molecule has 2 aromatic rings. The van der Waals surface area contributed by atoms with E-state index >= 15 is 0 Å². The Morgan fingerprint density at radius 1 is 1.08 bits per heavy atom. The normalized spacial score (nSPS) is 12.6. The lowest BCUT2D eigenvalue weighted by Crippen LogP contribution is -2.31. The molecule has 1 atom stereocenters. The molecule has 0 bridgehead atoms. The summed E-state index contributed by atoms with van der Waals surface area (Å²) in [4.78, 5) is 1.88. The van der Waals surface area contributed by atoms with Crippen molar-refractivity contribution in [1.82, 2.24) is 4.90 Å². The number of hydrogen-bond acceptors (Lipinski definition) is 4. The summed E-state index contributed by atoms with van der Waals surface area (Å²) in [6, 6.07) is 12.7. The van der Waals surface area contributed by atoms with Crippen molar-refractivity contribution in [2.24, 2.45) is 0 Å². The van der Waals surface area contributed by atoms with Crippen molar-refractivity contribution >= 4 is 0 Å². The Balaban J connectivity index is 1.71. The number of alkyl halides is 2. The number of nitrogens with zero attached hydrogens (tertiary/aromatic N) is 1. The highest BCUT2D eigenvalue weighted by molar-refractivity contribution is 5.27. The van der Waals surface area contributed by atoms with Crippen molar-refractivity contribution in [2.45, 2.75) is 25.9 Å². The van der Waals surface area contributed by atoms with Gasteiger partial charge in [-0.3, -0.25) is 4.90 Å². The van der Waals surface area contributed by atoms with Crippen molar-refractivity contribution in [3.05, 3.63) is 65.5 Å². The Hall–Kier alpha value is -2.09. The summed E-state index contributed by atoms with van der Waals surface area (Å²) in [6.45, 7) is -1.78. The van der Waals surface area contributed by atoms with E-state index in [0.717, 1.165) is 5.56 Å². The number of halogens is 3. The molecule has 4 nitrogen and oxygen atoms in total. The SMILES string of the molecule is CN(Cc1ccc(OC(F)F)cc1)CC(O)COCc1ccccc1F. The third kappa shape index (κ3) is 7.03. The van der Waals surface area contributed by atoms with Gasteiger partial charge in [-0.05, 0) is 30.8 Å². The number of rotatable bonds is 10. The Kier molecular flexibility index (Phi) is 7.90. The first-order chi connectivity index (χ1) is 12.4. The monoisotopic (exact) mass is 369 g/mol. The Morgan fingerprint density at radius 2 is 1.77 bits per heavy atom. The Bertz CT molecular complexity index is 667. The molecule has 142 valence electrons. The molecule has 0 heterocycles. The topological polar surface area (TPSA) is 41.9 Å². The highest BCUT2D eigenvalue weighted by Gasteiger charge is 2.10. The Labute approximate surface area is 150 Å². The fourth-order valence-corrected chi connectivity index (χ4v) is 2.49. The van der Waals surface area contributed by atoms with Gasteiger partial charge in [-0.2, -0.15) is 8.78 Å². The van der Waals surface area contributed by atoms with Crippen molar-refractivity contribution in [2.75, 3.05) is 20.2 Å². The summed E-state index contributed by atoms with van der Waals surface area (Å²) in [5, 5.41) is 10.0. The minimum atomic E-state index is -2.84. The molecular formula is C19H22F3NO3. The van der Waals surface area contributed by atoms with E-state index in [2.05, 4.69) is 4.74 Å². The summed E-state index contributed by atoms with van der Waals surface area (Å²) in [5.41, 5.74) is 1.34. The molecule has 0 aromatic heterocycles. The molecule has 0 fully saturated rings. The number of hydrogen-bond donors (Lipinski definition) is 1. The van der Waals surface area contributed by atoms with E-state index in [-0.39, 0.29) is 24.8 Å². The lowest BCUT2D eigenvalue weighted by atomic mass is 10.2. The maximum Gasteiger partial charge on any atom is 0.387 e. The first-order valence-corrected chi connectivity index (χ1v) is 8.15. The summed E-state index contributed by atoms with van der Waals surface area (Å²) >= 11 is 0. The lowest BCUT2D eigenvalue weighted by Gasteiger charge is -2.21. The predicted molar refractivity (Wildman–Crippen MR) is 91.5 cm³/mol. The van der Waals surface area contributed by atoms with Crippen molar-refractivity contribution in [3.8, 4) is 5.75 Å². The Morgan fingerprint density at radius 3 is 2.42 bits per heavy atom. The van der Waals surface area contributed by atoms with E-state index in [1.807, 2.05) is 11.9 Å². The standard InChI is InChI=1S/C19H22F3NO3/c1-23(10-14-6-8-17(9-7-14)26-19(21)22)11-16(24)13-25-12-15-4-2-3-5-18(15)20/h2-9,16,19,24H,10-13H2,1H3. The van der Waals surface area contributed by atoms with Gasteiger partial charge >= 0.3 is 6.61 Å². The molecule has 0 radical (unpaired) electrons. The fourth-order valence-electron chi connectivity index (χ4n) is 2.49. The van der Waals surface area contributed by atoms with Gasteiger partial charge in [-0.25, -0.2) is 4.39 Å². The first kappa shape index (κ1) is 20.2. The zero-order valence-corrected chi connectivity index (χ0v) is 14.4. The van der Waals surface area contributed by atoms with E-state index in [9.17, 15) is 18.3 Å². The van der Waals surface area contributed by atoms with Crippen LogP contribution in [0.1, 0.15) is 11.1 Å². The van der Waals surface area contributed by atoms with Crippen molar-refractivity contribution in [3.63, 3.8) is 0 Å². The van der Waals surface area contributed by atoms with Gasteiger partial charge in [-0.1, -0.05) is 30.3 Å². The van der Waals surface area contributed by atoms with Crippen molar-refractivity contribution in [1.29, 1.82) is 0 Å².